The van der Waals surface area contributed by atoms with Crippen molar-refractivity contribution >= 4 is 5.91 Å². The lowest BCUT2D eigenvalue weighted by atomic mass is 10.0. The zero-order valence-corrected chi connectivity index (χ0v) is 15.8. The molecule has 0 aromatic carbocycles. The quantitative estimate of drug-likeness (QED) is 0.739. The molecule has 1 saturated heterocycles. The van der Waals surface area contributed by atoms with Crippen molar-refractivity contribution in [1.29, 1.82) is 0 Å². The van der Waals surface area contributed by atoms with E-state index in [1.54, 1.807) is 0 Å². The zero-order chi connectivity index (χ0) is 21.6. The number of alkyl halides is 3. The number of hydrogen-bond acceptors (Lipinski definition) is 5. The Morgan fingerprint density at radius 2 is 2.07 bits per heavy atom. The predicted molar refractivity (Wildman–Crippen MR) is 94.0 cm³/mol. The van der Waals surface area contributed by atoms with E-state index in [4.69, 9.17) is 0 Å². The van der Waals surface area contributed by atoms with Gasteiger partial charge in [-0.05, 0) is 25.3 Å². The monoisotopic (exact) mass is 429 g/mol. The number of rotatable bonds is 3. The van der Waals surface area contributed by atoms with Gasteiger partial charge in [-0.3, -0.25) is 9.36 Å². The summed E-state index contributed by atoms with van der Waals surface area (Å²) in [5, 5.41) is 13.8. The minimum Gasteiger partial charge on any atom is -0.391 e. The number of aryl methyl sites for hydroxylation is 1. The Labute approximate surface area is 167 Å². The molecule has 4 heterocycles. The summed E-state index contributed by atoms with van der Waals surface area (Å²) in [5.74, 6) is -1.53. The van der Waals surface area contributed by atoms with Gasteiger partial charge in [0.25, 0.3) is 0 Å². The van der Waals surface area contributed by atoms with Crippen LogP contribution in [0.5, 0.6) is 0 Å². The highest BCUT2D eigenvalue weighted by molar-refractivity contribution is 5.81. The molecule has 0 aliphatic carbocycles. The minimum atomic E-state index is -4.96. The van der Waals surface area contributed by atoms with Crippen molar-refractivity contribution in [3.63, 3.8) is 0 Å². The third kappa shape index (κ3) is 3.59. The molecule has 0 spiro atoms. The molecule has 2 aromatic heterocycles. The summed E-state index contributed by atoms with van der Waals surface area (Å²) in [6.45, 7) is 0.0623. The van der Waals surface area contributed by atoms with Crippen molar-refractivity contribution in [1.82, 2.24) is 24.2 Å². The summed E-state index contributed by atoms with van der Waals surface area (Å²) in [4.78, 5) is 30.3. The first-order valence-electron chi connectivity index (χ1n) is 9.52. The molecule has 0 radical (unpaired) electrons. The zero-order valence-electron chi connectivity index (χ0n) is 15.8. The van der Waals surface area contributed by atoms with Crippen LogP contribution in [-0.4, -0.2) is 54.4 Å². The Morgan fingerprint density at radius 1 is 1.30 bits per heavy atom. The number of nitrogens with zero attached hydrogens (tertiary/aromatic N) is 5. The second-order valence-electron chi connectivity index (χ2n) is 7.49. The van der Waals surface area contributed by atoms with Gasteiger partial charge >= 0.3 is 11.9 Å². The fraction of sp³-hybridized carbons (Fsp3) is 0.556. The number of aliphatic hydroxyl groups is 1. The maximum atomic E-state index is 14.3. The number of aromatic nitrogens is 4. The third-order valence-corrected chi connectivity index (χ3v) is 5.45. The van der Waals surface area contributed by atoms with Gasteiger partial charge < -0.3 is 10.0 Å². The number of carbonyl (C=O) groups excluding carboxylic acids is 1. The van der Waals surface area contributed by atoms with Crippen molar-refractivity contribution in [3.8, 4) is 0 Å². The smallest absolute Gasteiger partial charge is 0.391 e. The molecule has 1 N–H and O–H groups in total. The Morgan fingerprint density at radius 3 is 2.73 bits per heavy atom. The summed E-state index contributed by atoms with van der Waals surface area (Å²) >= 11 is 0. The van der Waals surface area contributed by atoms with E-state index in [2.05, 4.69) is 10.1 Å². The fourth-order valence-corrected chi connectivity index (χ4v) is 3.99. The van der Waals surface area contributed by atoms with Crippen molar-refractivity contribution < 1.29 is 27.5 Å². The van der Waals surface area contributed by atoms with E-state index >= 15 is 0 Å². The number of halogens is 4. The summed E-state index contributed by atoms with van der Waals surface area (Å²) in [7, 11) is 0. The number of β-amino-alcohol motifs (C(OH)–C–C–N with tert-alkyl or cyclic N) is 1. The summed E-state index contributed by atoms with van der Waals surface area (Å²) < 4.78 is 55.1. The van der Waals surface area contributed by atoms with Crippen molar-refractivity contribution in [2.75, 3.05) is 13.1 Å². The van der Waals surface area contributed by atoms with Crippen LogP contribution in [0.25, 0.3) is 0 Å². The maximum absolute atomic E-state index is 14.3. The second-order valence-corrected chi connectivity index (χ2v) is 7.49. The maximum Gasteiger partial charge on any atom is 0.436 e. The molecule has 8 nitrogen and oxygen atoms in total. The highest BCUT2D eigenvalue weighted by atomic mass is 19.4. The third-order valence-electron chi connectivity index (χ3n) is 5.45. The number of amides is 1. The highest BCUT2D eigenvalue weighted by Gasteiger charge is 2.38. The molecule has 2 atom stereocenters. The molecule has 2 aromatic rings. The molecule has 0 bridgehead atoms. The van der Waals surface area contributed by atoms with Gasteiger partial charge in [-0.1, -0.05) is 0 Å². The van der Waals surface area contributed by atoms with Crippen molar-refractivity contribution in [3.05, 3.63) is 45.6 Å². The Hall–Kier alpha value is -2.76. The summed E-state index contributed by atoms with van der Waals surface area (Å²) in [6.07, 6.45) is -2.85. The fourth-order valence-electron chi connectivity index (χ4n) is 3.99. The topological polar surface area (TPSA) is 93.2 Å². The first-order valence-corrected chi connectivity index (χ1v) is 9.52. The van der Waals surface area contributed by atoms with Gasteiger partial charge in [0.2, 0.25) is 5.91 Å². The SMILES string of the molecule is O=C([C@@H]1CCCc2nn(Cc3ccnc(C(F)(F)F)c3F)c(=O)n21)N1CC[C@H](O)C1. The summed E-state index contributed by atoms with van der Waals surface area (Å²) in [6, 6.07) is 0.261. The highest BCUT2D eigenvalue weighted by Crippen LogP contribution is 2.31. The van der Waals surface area contributed by atoms with E-state index in [0.717, 1.165) is 16.9 Å². The number of likely N-dealkylation sites (tertiary alicyclic amines) is 1. The van der Waals surface area contributed by atoms with E-state index < -0.39 is 42.1 Å². The Bertz CT molecular complexity index is 1030. The van der Waals surface area contributed by atoms with E-state index in [9.17, 15) is 32.3 Å². The minimum absolute atomic E-state index is 0.190. The predicted octanol–water partition coefficient (Wildman–Crippen LogP) is 1.12. The molecule has 4 rings (SSSR count). The van der Waals surface area contributed by atoms with Gasteiger partial charge in [0.15, 0.2) is 11.5 Å². The molecule has 1 fully saturated rings. The standard InChI is InChI=1S/C18H19F4N5O3/c19-14-10(4-6-23-15(14)18(20,21)22)8-26-17(30)27-12(2-1-3-13(27)24-26)16(29)25-7-5-11(28)9-25/h4,6,11-12,28H,1-3,5,7-9H2/t11-,12-/m0/s1. The number of hydrogen-bond donors (Lipinski definition) is 1. The van der Waals surface area contributed by atoms with E-state index in [1.165, 1.54) is 9.47 Å². The Balaban J connectivity index is 1.65. The Kier molecular flexibility index (Phi) is 5.12. The van der Waals surface area contributed by atoms with E-state index in [1.807, 2.05) is 0 Å². The van der Waals surface area contributed by atoms with Gasteiger partial charge in [-0.15, -0.1) is 0 Å². The molecule has 2 aliphatic rings. The average molecular weight is 429 g/mol. The largest absolute Gasteiger partial charge is 0.436 e. The molecule has 162 valence electrons. The first kappa shape index (κ1) is 20.5. The van der Waals surface area contributed by atoms with Crippen LogP contribution in [-0.2, 0) is 23.9 Å². The number of carbonyl (C=O) groups is 1. The van der Waals surface area contributed by atoms with Gasteiger partial charge in [0.05, 0.1) is 12.6 Å². The molecule has 12 heteroatoms. The van der Waals surface area contributed by atoms with E-state index in [0.29, 0.717) is 38.1 Å². The van der Waals surface area contributed by atoms with Gasteiger partial charge in [0.1, 0.15) is 11.9 Å². The molecular formula is C18H19F4N5O3. The molecule has 0 unspecified atom stereocenters. The normalized spacial score (nSPS) is 21.7. The lowest BCUT2D eigenvalue weighted by Gasteiger charge is -2.27. The van der Waals surface area contributed by atoms with Gasteiger partial charge in [0, 0.05) is 31.3 Å². The number of aliphatic hydroxyl groups excluding tert-OH is 1. The van der Waals surface area contributed by atoms with Crippen LogP contribution in [0.2, 0.25) is 0 Å². The number of pyridine rings is 1. The van der Waals surface area contributed by atoms with Gasteiger partial charge in [-0.2, -0.15) is 18.3 Å². The molecule has 1 amide bonds. The lowest BCUT2D eigenvalue weighted by Crippen LogP contribution is -2.42. The van der Waals surface area contributed by atoms with Crippen molar-refractivity contribution in [2.24, 2.45) is 0 Å². The van der Waals surface area contributed by atoms with Gasteiger partial charge in [-0.25, -0.2) is 18.9 Å². The lowest BCUT2D eigenvalue weighted by molar-refractivity contribution is -0.143. The van der Waals surface area contributed by atoms with Crippen LogP contribution in [0, 0.1) is 5.82 Å². The van der Waals surface area contributed by atoms with Crippen molar-refractivity contribution in [2.45, 2.75) is 50.6 Å². The van der Waals surface area contributed by atoms with Crippen LogP contribution in [0.1, 0.15) is 42.4 Å². The molecule has 0 saturated carbocycles. The van der Waals surface area contributed by atoms with Crippen LogP contribution >= 0.6 is 0 Å². The first-order chi connectivity index (χ1) is 14.2. The van der Waals surface area contributed by atoms with E-state index in [-0.39, 0.29) is 18.0 Å². The molecule has 30 heavy (non-hydrogen) atoms. The number of fused-ring (bicyclic) bond motifs is 1. The molecule has 2 aliphatic heterocycles. The van der Waals surface area contributed by atoms with Crippen LogP contribution in [0.15, 0.2) is 17.1 Å². The average Bonchev–Trinajstić information content (AvgIpc) is 3.25. The van der Waals surface area contributed by atoms with Crippen LogP contribution in [0.4, 0.5) is 17.6 Å². The molecular weight excluding hydrogens is 410 g/mol. The second kappa shape index (κ2) is 7.49. The van der Waals surface area contributed by atoms with Crippen LogP contribution < -0.4 is 5.69 Å². The summed E-state index contributed by atoms with van der Waals surface area (Å²) in [5.41, 5.74) is -2.72. The van der Waals surface area contributed by atoms with Crippen LogP contribution in [0.3, 0.4) is 0 Å².